The number of carbonyl (C=O) groups excluding carboxylic acids is 2. The van der Waals surface area contributed by atoms with Gasteiger partial charge in [-0.2, -0.15) is 13.2 Å². The van der Waals surface area contributed by atoms with E-state index in [0.29, 0.717) is 45.5 Å². The van der Waals surface area contributed by atoms with Crippen LogP contribution in [0.3, 0.4) is 0 Å². The molecule has 1 aromatic heterocycles. The molecule has 5 rings (SSSR count). The Morgan fingerprint density at radius 1 is 1.05 bits per heavy atom. The maximum Gasteiger partial charge on any atom is 0.416 e. The van der Waals surface area contributed by atoms with Crippen molar-refractivity contribution in [1.29, 1.82) is 0 Å². The summed E-state index contributed by atoms with van der Waals surface area (Å²) in [6.45, 7) is 3.55. The van der Waals surface area contributed by atoms with E-state index in [9.17, 15) is 22.8 Å². The van der Waals surface area contributed by atoms with Crippen LogP contribution in [0.5, 0.6) is 11.5 Å². The number of H-pyrrole nitrogens is 1. The zero-order chi connectivity index (χ0) is 30.2. The predicted molar refractivity (Wildman–Crippen MR) is 150 cm³/mol. The van der Waals surface area contributed by atoms with Crippen LogP contribution in [0, 0.1) is 5.92 Å². The molecule has 2 aliphatic rings. The third-order valence-electron chi connectivity index (χ3n) is 7.20. The van der Waals surface area contributed by atoms with Crippen molar-refractivity contribution < 1.29 is 37.0 Å². The molecule has 0 amide bonds. The summed E-state index contributed by atoms with van der Waals surface area (Å²) in [7, 11) is 3.01. The van der Waals surface area contributed by atoms with Crippen LogP contribution >= 0.6 is 0 Å². The second-order valence-electron chi connectivity index (χ2n) is 9.74. The first-order chi connectivity index (χ1) is 20.0. The number of hydrogen-bond donors (Lipinski definition) is 2. The zero-order valence-corrected chi connectivity index (χ0v) is 23.3. The Morgan fingerprint density at radius 3 is 2.52 bits per heavy atom. The number of ether oxygens (including phenoxy) is 3. The molecule has 2 aliphatic heterocycles. The van der Waals surface area contributed by atoms with Crippen LogP contribution in [0.2, 0.25) is 0 Å². The highest BCUT2D eigenvalue weighted by molar-refractivity contribution is 6.21. The molecule has 2 N–H and O–H groups in total. The number of rotatable bonds is 7. The highest BCUT2D eigenvalue weighted by Crippen LogP contribution is 2.46. The molecule has 0 spiro atoms. The first kappa shape index (κ1) is 28.7. The fraction of sp³-hybridized carbons (Fsp3) is 0.258. The SMILES string of the molecule is CCOC(=O)C1=C(C)NC2=N/C(=C\c3ccc(-c4cccc(C(F)(F)F)c4)[nH]3)C(=O)C2C1c1cc(OC)ccc1OC. The number of benzene rings is 2. The van der Waals surface area contributed by atoms with Crippen LogP contribution in [0.25, 0.3) is 17.3 Å². The van der Waals surface area contributed by atoms with Gasteiger partial charge in [-0.3, -0.25) is 4.79 Å². The number of hydrogen-bond acceptors (Lipinski definition) is 7. The summed E-state index contributed by atoms with van der Waals surface area (Å²) in [5, 5.41) is 3.11. The number of allylic oxidation sites excluding steroid dienone is 2. The van der Waals surface area contributed by atoms with Crippen molar-refractivity contribution in [2.75, 3.05) is 20.8 Å². The second-order valence-corrected chi connectivity index (χ2v) is 9.74. The molecule has 0 aliphatic carbocycles. The number of fused-ring (bicyclic) bond motifs is 1. The van der Waals surface area contributed by atoms with Gasteiger partial charge in [0.05, 0.1) is 37.9 Å². The van der Waals surface area contributed by atoms with Crippen molar-refractivity contribution in [2.45, 2.75) is 25.9 Å². The van der Waals surface area contributed by atoms with Gasteiger partial charge in [0.2, 0.25) is 0 Å². The Labute approximate surface area is 239 Å². The van der Waals surface area contributed by atoms with Crippen LogP contribution in [0.1, 0.15) is 36.6 Å². The number of ketones is 1. The topological polar surface area (TPSA) is 102 Å². The van der Waals surface area contributed by atoms with Gasteiger partial charge < -0.3 is 24.5 Å². The molecule has 2 atom stereocenters. The fourth-order valence-electron chi connectivity index (χ4n) is 5.30. The Hall–Kier alpha value is -4.80. The molecule has 0 radical (unpaired) electrons. The standard InChI is InChI=1S/C31H28F3N3O5/c1-5-42-30(39)25-16(2)35-29-27(26(25)21-15-20(40-3)10-12-24(21)41-4)28(38)23(37-29)14-19-9-11-22(36-19)17-7-6-8-18(13-17)31(32,33)34/h6-15,26-27,36H,5H2,1-4H3,(H,35,37)/b23-14-. The number of carbonyl (C=O) groups is 2. The Kier molecular flexibility index (Phi) is 7.68. The average molecular weight is 580 g/mol. The van der Waals surface area contributed by atoms with E-state index in [0.717, 1.165) is 12.1 Å². The van der Waals surface area contributed by atoms with E-state index in [-0.39, 0.29) is 23.7 Å². The number of aromatic amines is 1. The normalized spacial score (nSPS) is 19.4. The molecule has 3 aromatic rings. The minimum Gasteiger partial charge on any atom is -0.497 e. The average Bonchev–Trinajstić information content (AvgIpc) is 3.55. The van der Waals surface area contributed by atoms with Gasteiger partial charge >= 0.3 is 12.1 Å². The van der Waals surface area contributed by atoms with Gasteiger partial charge in [0.1, 0.15) is 23.0 Å². The summed E-state index contributed by atoms with van der Waals surface area (Å²) in [5.41, 5.74) is 1.93. The van der Waals surface area contributed by atoms with Crippen LogP contribution in [-0.4, -0.2) is 43.4 Å². The highest BCUT2D eigenvalue weighted by Gasteiger charge is 2.48. The third kappa shape index (κ3) is 5.29. The predicted octanol–water partition coefficient (Wildman–Crippen LogP) is 5.88. The van der Waals surface area contributed by atoms with Crippen molar-refractivity contribution in [3.8, 4) is 22.8 Å². The summed E-state index contributed by atoms with van der Waals surface area (Å²) in [5.74, 6) is -1.28. The van der Waals surface area contributed by atoms with Crippen molar-refractivity contribution in [2.24, 2.45) is 10.9 Å². The first-order valence-electron chi connectivity index (χ1n) is 13.1. The molecular weight excluding hydrogens is 551 g/mol. The number of aromatic nitrogens is 1. The summed E-state index contributed by atoms with van der Waals surface area (Å²) < 4.78 is 56.0. The van der Waals surface area contributed by atoms with Crippen molar-refractivity contribution >= 4 is 23.7 Å². The molecule has 0 saturated heterocycles. The van der Waals surface area contributed by atoms with Gasteiger partial charge in [0, 0.05) is 28.6 Å². The van der Waals surface area contributed by atoms with E-state index in [2.05, 4.69) is 15.3 Å². The van der Waals surface area contributed by atoms with Gasteiger partial charge in [0.15, 0.2) is 5.78 Å². The number of nitrogens with zero attached hydrogens (tertiary/aromatic N) is 1. The molecule has 11 heteroatoms. The number of alkyl halides is 3. The molecule has 2 unspecified atom stereocenters. The molecule has 2 aromatic carbocycles. The lowest BCUT2D eigenvalue weighted by Crippen LogP contribution is -2.42. The second kappa shape index (κ2) is 11.2. The summed E-state index contributed by atoms with van der Waals surface area (Å²) in [4.78, 5) is 34.8. The lowest BCUT2D eigenvalue weighted by atomic mass is 9.74. The van der Waals surface area contributed by atoms with E-state index in [1.807, 2.05) is 0 Å². The maximum absolute atomic E-state index is 13.9. The molecule has 0 bridgehead atoms. The van der Waals surface area contributed by atoms with E-state index in [4.69, 9.17) is 14.2 Å². The van der Waals surface area contributed by atoms with Gasteiger partial charge in [-0.1, -0.05) is 12.1 Å². The fourth-order valence-corrected chi connectivity index (χ4v) is 5.30. The molecule has 0 saturated carbocycles. The van der Waals surface area contributed by atoms with E-state index < -0.39 is 29.5 Å². The van der Waals surface area contributed by atoms with Crippen molar-refractivity contribution in [3.63, 3.8) is 0 Å². The molecule has 218 valence electrons. The minimum absolute atomic E-state index is 0.115. The molecular formula is C31H28F3N3O5. The summed E-state index contributed by atoms with van der Waals surface area (Å²) >= 11 is 0. The van der Waals surface area contributed by atoms with Gasteiger partial charge in [-0.15, -0.1) is 0 Å². The number of aliphatic imine (C=N–C) groups is 1. The lowest BCUT2D eigenvalue weighted by Gasteiger charge is -2.33. The quantitative estimate of drug-likeness (QED) is 0.268. The van der Waals surface area contributed by atoms with E-state index in [1.165, 1.54) is 26.4 Å². The Bertz CT molecular complexity index is 1650. The molecule has 42 heavy (non-hydrogen) atoms. The van der Waals surface area contributed by atoms with Crippen LogP contribution < -0.4 is 14.8 Å². The number of methoxy groups -OCH3 is 2. The first-order valence-corrected chi connectivity index (χ1v) is 13.1. The number of amidine groups is 1. The molecule has 0 fully saturated rings. The monoisotopic (exact) mass is 579 g/mol. The number of nitrogens with one attached hydrogen (secondary N) is 2. The largest absolute Gasteiger partial charge is 0.497 e. The molecule has 3 heterocycles. The third-order valence-corrected chi connectivity index (χ3v) is 7.20. The van der Waals surface area contributed by atoms with Gasteiger partial charge in [-0.25, -0.2) is 9.79 Å². The van der Waals surface area contributed by atoms with Crippen molar-refractivity contribution in [3.05, 3.63) is 88.4 Å². The molecule has 8 nitrogen and oxygen atoms in total. The summed E-state index contributed by atoms with van der Waals surface area (Å²) in [6, 6.07) is 13.4. The Morgan fingerprint density at radius 2 is 1.83 bits per heavy atom. The smallest absolute Gasteiger partial charge is 0.416 e. The van der Waals surface area contributed by atoms with Gasteiger partial charge in [0.25, 0.3) is 0 Å². The maximum atomic E-state index is 13.9. The van der Waals surface area contributed by atoms with Crippen molar-refractivity contribution in [1.82, 2.24) is 10.3 Å². The summed E-state index contributed by atoms with van der Waals surface area (Å²) in [6.07, 6.45) is -2.94. The van der Waals surface area contributed by atoms with Gasteiger partial charge in [-0.05, 0) is 68.0 Å². The lowest BCUT2D eigenvalue weighted by molar-refractivity contribution is -0.139. The highest BCUT2D eigenvalue weighted by atomic mass is 19.4. The zero-order valence-electron chi connectivity index (χ0n) is 23.3. The van der Waals surface area contributed by atoms with Crippen LogP contribution in [0.15, 0.2) is 76.6 Å². The number of esters is 1. The Balaban J connectivity index is 1.55. The van der Waals surface area contributed by atoms with Crippen LogP contribution in [-0.2, 0) is 20.5 Å². The van der Waals surface area contributed by atoms with E-state index >= 15 is 0 Å². The number of halogens is 3. The van der Waals surface area contributed by atoms with E-state index in [1.54, 1.807) is 50.2 Å². The van der Waals surface area contributed by atoms with Crippen LogP contribution in [0.4, 0.5) is 13.2 Å². The minimum atomic E-state index is -4.47. The number of Topliss-reactive ketones (excluding diaryl/α,β-unsaturated/α-hetero) is 1.